The molecule has 0 saturated carbocycles. The summed E-state index contributed by atoms with van der Waals surface area (Å²) in [5, 5.41) is 14.5. The van der Waals surface area contributed by atoms with Crippen LogP contribution < -0.4 is 0 Å². The van der Waals surface area contributed by atoms with Crippen LogP contribution >= 0.6 is 0 Å². The molecule has 0 saturated heterocycles. The molecule has 3 nitrogen and oxygen atoms in total. The van der Waals surface area contributed by atoms with Gasteiger partial charge in [-0.3, -0.25) is 0 Å². The number of aryl methyl sites for hydroxylation is 4. The zero-order chi connectivity index (χ0) is 14.2. The molecule has 0 aliphatic rings. The standard InChI is InChI=1S/C16H20N2O/c1-10-6-12(3)16(19)15(7-10)9-17-18-13(4)8-11(2)14(18)5/h6-9,19H,1-5H3/b17-9-. The number of nitrogens with zero attached hydrogens (tertiary/aromatic N) is 2. The summed E-state index contributed by atoms with van der Waals surface area (Å²) in [7, 11) is 0. The molecule has 1 heterocycles. The van der Waals surface area contributed by atoms with Crippen LogP contribution in [-0.2, 0) is 0 Å². The van der Waals surface area contributed by atoms with Crippen LogP contribution in [0.1, 0.15) is 33.6 Å². The highest BCUT2D eigenvalue weighted by molar-refractivity contribution is 5.84. The van der Waals surface area contributed by atoms with Crippen molar-refractivity contribution in [2.24, 2.45) is 5.10 Å². The summed E-state index contributed by atoms with van der Waals surface area (Å²) >= 11 is 0. The Bertz CT molecular complexity index is 651. The molecule has 19 heavy (non-hydrogen) atoms. The lowest BCUT2D eigenvalue weighted by Gasteiger charge is -2.06. The van der Waals surface area contributed by atoms with Gasteiger partial charge in [-0.15, -0.1) is 0 Å². The van der Waals surface area contributed by atoms with E-state index in [0.717, 1.165) is 28.1 Å². The van der Waals surface area contributed by atoms with Crippen molar-refractivity contribution in [3.63, 3.8) is 0 Å². The monoisotopic (exact) mass is 256 g/mol. The maximum absolute atomic E-state index is 10.0. The van der Waals surface area contributed by atoms with Crippen LogP contribution in [0.5, 0.6) is 5.75 Å². The van der Waals surface area contributed by atoms with E-state index in [4.69, 9.17) is 0 Å². The van der Waals surface area contributed by atoms with E-state index in [0.29, 0.717) is 5.75 Å². The van der Waals surface area contributed by atoms with Gasteiger partial charge in [0, 0.05) is 17.0 Å². The maximum Gasteiger partial charge on any atom is 0.127 e. The van der Waals surface area contributed by atoms with E-state index < -0.39 is 0 Å². The van der Waals surface area contributed by atoms with E-state index in [-0.39, 0.29) is 0 Å². The van der Waals surface area contributed by atoms with Gasteiger partial charge in [0.15, 0.2) is 0 Å². The van der Waals surface area contributed by atoms with Gasteiger partial charge in [-0.2, -0.15) is 5.10 Å². The van der Waals surface area contributed by atoms with Crippen LogP contribution in [-0.4, -0.2) is 16.0 Å². The fraction of sp³-hybridized carbons (Fsp3) is 0.312. The van der Waals surface area contributed by atoms with Gasteiger partial charge in [0.2, 0.25) is 0 Å². The SMILES string of the molecule is Cc1cc(C)c(O)c(/C=N\n2c(C)cc(C)c2C)c1. The van der Waals surface area contributed by atoms with Crippen molar-refractivity contribution in [1.29, 1.82) is 0 Å². The van der Waals surface area contributed by atoms with Crippen LogP contribution in [0.4, 0.5) is 0 Å². The molecule has 0 fully saturated rings. The lowest BCUT2D eigenvalue weighted by atomic mass is 10.1. The van der Waals surface area contributed by atoms with Gasteiger partial charge < -0.3 is 5.11 Å². The second-order valence-corrected chi connectivity index (χ2v) is 5.13. The van der Waals surface area contributed by atoms with Crippen molar-refractivity contribution in [2.45, 2.75) is 34.6 Å². The van der Waals surface area contributed by atoms with Gasteiger partial charge in [-0.1, -0.05) is 6.07 Å². The second-order valence-electron chi connectivity index (χ2n) is 5.13. The summed E-state index contributed by atoms with van der Waals surface area (Å²) in [5.74, 6) is 0.300. The molecule has 1 aromatic heterocycles. The number of hydrogen-bond donors (Lipinski definition) is 1. The first kappa shape index (κ1) is 13.4. The van der Waals surface area contributed by atoms with Gasteiger partial charge >= 0.3 is 0 Å². The summed E-state index contributed by atoms with van der Waals surface area (Å²) in [6, 6.07) is 6.00. The Hall–Kier alpha value is -2.03. The molecule has 0 spiro atoms. The molecule has 0 aliphatic carbocycles. The Morgan fingerprint density at radius 3 is 2.26 bits per heavy atom. The Kier molecular flexibility index (Phi) is 3.47. The molecule has 0 radical (unpaired) electrons. The first-order chi connectivity index (χ1) is 8.90. The molecule has 0 bridgehead atoms. The molecule has 2 rings (SSSR count). The fourth-order valence-corrected chi connectivity index (χ4v) is 2.30. The van der Waals surface area contributed by atoms with Gasteiger partial charge in [0.1, 0.15) is 5.75 Å². The van der Waals surface area contributed by atoms with Crippen LogP contribution in [0.3, 0.4) is 0 Å². The predicted octanol–water partition coefficient (Wildman–Crippen LogP) is 3.62. The van der Waals surface area contributed by atoms with Crippen molar-refractivity contribution in [3.05, 3.63) is 51.8 Å². The topological polar surface area (TPSA) is 37.5 Å². The smallest absolute Gasteiger partial charge is 0.127 e. The first-order valence-corrected chi connectivity index (χ1v) is 6.40. The summed E-state index contributed by atoms with van der Waals surface area (Å²) in [4.78, 5) is 0. The Morgan fingerprint density at radius 1 is 1.00 bits per heavy atom. The number of phenols is 1. The molecule has 1 N–H and O–H groups in total. The Labute approximate surface area is 114 Å². The third-order valence-corrected chi connectivity index (χ3v) is 3.43. The molecule has 0 amide bonds. The number of rotatable bonds is 2. The van der Waals surface area contributed by atoms with Crippen molar-refractivity contribution in [2.75, 3.05) is 0 Å². The minimum absolute atomic E-state index is 0.300. The van der Waals surface area contributed by atoms with Gasteiger partial charge in [0.25, 0.3) is 0 Å². The zero-order valence-corrected chi connectivity index (χ0v) is 12.2. The minimum atomic E-state index is 0.300. The summed E-state index contributed by atoms with van der Waals surface area (Å²) in [6.45, 7) is 10.1. The highest BCUT2D eigenvalue weighted by atomic mass is 16.3. The minimum Gasteiger partial charge on any atom is -0.507 e. The number of benzene rings is 1. The number of aromatic nitrogens is 1. The van der Waals surface area contributed by atoms with E-state index >= 15 is 0 Å². The van der Waals surface area contributed by atoms with E-state index in [9.17, 15) is 5.11 Å². The molecule has 100 valence electrons. The van der Waals surface area contributed by atoms with E-state index in [1.54, 1.807) is 6.21 Å². The van der Waals surface area contributed by atoms with Gasteiger partial charge in [0.05, 0.1) is 6.21 Å². The number of aromatic hydroxyl groups is 1. The van der Waals surface area contributed by atoms with Crippen molar-refractivity contribution < 1.29 is 5.11 Å². The molecule has 3 heteroatoms. The van der Waals surface area contributed by atoms with Crippen molar-refractivity contribution >= 4 is 6.21 Å². The predicted molar refractivity (Wildman–Crippen MR) is 79.2 cm³/mol. The van der Waals surface area contributed by atoms with Crippen molar-refractivity contribution in [1.82, 2.24) is 4.68 Å². The summed E-state index contributed by atoms with van der Waals surface area (Å²) in [5.41, 5.74) is 6.18. The van der Waals surface area contributed by atoms with E-state index in [1.165, 1.54) is 5.56 Å². The second kappa shape index (κ2) is 4.92. The molecule has 0 aliphatic heterocycles. The quantitative estimate of drug-likeness (QED) is 0.819. The number of hydrogen-bond acceptors (Lipinski definition) is 2. The third-order valence-electron chi connectivity index (χ3n) is 3.43. The fourth-order valence-electron chi connectivity index (χ4n) is 2.30. The van der Waals surface area contributed by atoms with Crippen LogP contribution in [0, 0.1) is 34.6 Å². The lowest BCUT2D eigenvalue weighted by molar-refractivity contribution is 0.470. The highest BCUT2D eigenvalue weighted by Gasteiger charge is 2.06. The van der Waals surface area contributed by atoms with Gasteiger partial charge in [-0.25, -0.2) is 4.68 Å². The molecular weight excluding hydrogens is 236 g/mol. The third kappa shape index (κ3) is 2.55. The maximum atomic E-state index is 10.0. The molecule has 0 unspecified atom stereocenters. The highest BCUT2D eigenvalue weighted by Crippen LogP contribution is 2.22. The summed E-state index contributed by atoms with van der Waals surface area (Å²) in [6.07, 6.45) is 1.72. The van der Waals surface area contributed by atoms with E-state index in [1.807, 2.05) is 44.5 Å². The van der Waals surface area contributed by atoms with E-state index in [2.05, 4.69) is 18.1 Å². The van der Waals surface area contributed by atoms with Crippen LogP contribution in [0.2, 0.25) is 0 Å². The molecular formula is C16H20N2O. The normalized spacial score (nSPS) is 11.4. The van der Waals surface area contributed by atoms with Crippen LogP contribution in [0.15, 0.2) is 23.3 Å². The summed E-state index contributed by atoms with van der Waals surface area (Å²) < 4.78 is 1.90. The lowest BCUT2D eigenvalue weighted by Crippen LogP contribution is -1.97. The van der Waals surface area contributed by atoms with Gasteiger partial charge in [-0.05, 0) is 63.4 Å². The molecule has 2 aromatic rings. The van der Waals surface area contributed by atoms with Crippen molar-refractivity contribution in [3.8, 4) is 5.75 Å². The number of phenolic OH excluding ortho intramolecular Hbond substituents is 1. The average molecular weight is 256 g/mol. The zero-order valence-electron chi connectivity index (χ0n) is 12.2. The first-order valence-electron chi connectivity index (χ1n) is 6.40. The molecule has 1 aromatic carbocycles. The Morgan fingerprint density at radius 2 is 1.68 bits per heavy atom. The average Bonchev–Trinajstić information content (AvgIpc) is 2.57. The molecule has 0 atom stereocenters. The Balaban J connectivity index is 2.43. The van der Waals surface area contributed by atoms with Crippen LogP contribution in [0.25, 0.3) is 0 Å². The largest absolute Gasteiger partial charge is 0.507 e.